The van der Waals surface area contributed by atoms with Gasteiger partial charge < -0.3 is 4.90 Å². The number of nitro groups is 1. The summed E-state index contributed by atoms with van der Waals surface area (Å²) in [6.45, 7) is 0.254. The maximum atomic E-state index is 11.2. The van der Waals surface area contributed by atoms with Crippen LogP contribution in [0.4, 0.5) is 5.69 Å². The lowest BCUT2D eigenvalue weighted by Gasteiger charge is -2.15. The van der Waals surface area contributed by atoms with E-state index in [0.717, 1.165) is 0 Å². The Balaban J connectivity index is 2.90. The van der Waals surface area contributed by atoms with E-state index in [1.54, 1.807) is 13.1 Å². The summed E-state index contributed by atoms with van der Waals surface area (Å²) in [5.41, 5.74) is 0.456. The van der Waals surface area contributed by atoms with E-state index in [1.807, 2.05) is 0 Å². The molecule has 7 heteroatoms. The van der Waals surface area contributed by atoms with Crippen LogP contribution in [0.5, 0.6) is 0 Å². The van der Waals surface area contributed by atoms with Gasteiger partial charge in [-0.2, -0.15) is 0 Å². The van der Waals surface area contributed by atoms with Gasteiger partial charge in [-0.25, -0.2) is 0 Å². The molecule has 0 aromatic heterocycles. The van der Waals surface area contributed by atoms with Crippen molar-refractivity contribution >= 4 is 34.8 Å². The molecule has 0 aliphatic rings. The average Bonchev–Trinajstić information content (AvgIpc) is 2.30. The van der Waals surface area contributed by atoms with E-state index in [9.17, 15) is 14.9 Å². The molecule has 0 unspecified atom stereocenters. The first-order chi connectivity index (χ1) is 7.95. The Morgan fingerprint density at radius 3 is 2.71 bits per heavy atom. The SMILES string of the molecule is CN(Cc1ccc(Cl)c([N+](=O)[O-])c1)C(=O)CCl. The normalized spacial score (nSPS) is 10.1. The van der Waals surface area contributed by atoms with Crippen molar-refractivity contribution < 1.29 is 9.72 Å². The van der Waals surface area contributed by atoms with Gasteiger partial charge in [-0.1, -0.05) is 17.7 Å². The third kappa shape index (κ3) is 3.57. The molecule has 0 saturated carbocycles. The molecule has 0 fully saturated rings. The monoisotopic (exact) mass is 276 g/mol. The molecular formula is C10H10Cl2N2O3. The highest BCUT2D eigenvalue weighted by Crippen LogP contribution is 2.25. The lowest BCUT2D eigenvalue weighted by molar-refractivity contribution is -0.384. The third-order valence-electron chi connectivity index (χ3n) is 2.17. The highest BCUT2D eigenvalue weighted by atomic mass is 35.5. The van der Waals surface area contributed by atoms with Crippen molar-refractivity contribution in [1.82, 2.24) is 4.90 Å². The summed E-state index contributed by atoms with van der Waals surface area (Å²) in [6.07, 6.45) is 0. The molecule has 1 amide bonds. The summed E-state index contributed by atoms with van der Waals surface area (Å²) in [5, 5.41) is 10.7. The Labute approximate surface area is 108 Å². The number of nitrogens with zero attached hydrogens (tertiary/aromatic N) is 2. The largest absolute Gasteiger partial charge is 0.340 e. The highest BCUT2D eigenvalue weighted by molar-refractivity contribution is 6.32. The fraction of sp³-hybridized carbons (Fsp3) is 0.300. The van der Waals surface area contributed by atoms with Crippen LogP contribution in [0.1, 0.15) is 5.56 Å². The summed E-state index contributed by atoms with van der Waals surface area (Å²) < 4.78 is 0. The van der Waals surface area contributed by atoms with Crippen molar-refractivity contribution in [2.75, 3.05) is 12.9 Å². The summed E-state index contributed by atoms with van der Waals surface area (Å²) in [5.74, 6) is -0.365. The molecule has 0 heterocycles. The zero-order valence-corrected chi connectivity index (χ0v) is 10.5. The summed E-state index contributed by atoms with van der Waals surface area (Å²) in [4.78, 5) is 22.7. The fourth-order valence-corrected chi connectivity index (χ4v) is 1.65. The van der Waals surface area contributed by atoms with E-state index < -0.39 is 4.92 Å². The molecule has 0 atom stereocenters. The second kappa shape index (κ2) is 5.84. The molecule has 92 valence electrons. The summed E-state index contributed by atoms with van der Waals surface area (Å²) >= 11 is 11.1. The van der Waals surface area contributed by atoms with Crippen molar-refractivity contribution in [3.05, 3.63) is 38.9 Å². The molecule has 0 bridgehead atoms. The van der Waals surface area contributed by atoms with Gasteiger partial charge in [-0.15, -0.1) is 11.6 Å². The van der Waals surface area contributed by atoms with Crippen molar-refractivity contribution in [3.8, 4) is 0 Å². The number of rotatable bonds is 4. The molecule has 17 heavy (non-hydrogen) atoms. The van der Waals surface area contributed by atoms with Gasteiger partial charge in [0.2, 0.25) is 5.91 Å². The summed E-state index contributed by atoms with van der Waals surface area (Å²) in [6, 6.07) is 4.42. The van der Waals surface area contributed by atoms with Crippen LogP contribution in [0.2, 0.25) is 5.02 Å². The lowest BCUT2D eigenvalue weighted by atomic mass is 10.2. The lowest BCUT2D eigenvalue weighted by Crippen LogP contribution is -2.27. The molecule has 0 radical (unpaired) electrons. The second-order valence-electron chi connectivity index (χ2n) is 3.43. The highest BCUT2D eigenvalue weighted by Gasteiger charge is 2.14. The smallest absolute Gasteiger partial charge is 0.288 e. The first-order valence-corrected chi connectivity index (χ1v) is 5.59. The fourth-order valence-electron chi connectivity index (χ4n) is 1.26. The number of hydrogen-bond acceptors (Lipinski definition) is 3. The Morgan fingerprint density at radius 2 is 2.18 bits per heavy atom. The van der Waals surface area contributed by atoms with E-state index in [-0.39, 0.29) is 29.0 Å². The average molecular weight is 277 g/mol. The van der Waals surface area contributed by atoms with E-state index >= 15 is 0 Å². The Kier molecular flexibility index (Phi) is 4.72. The minimum absolute atomic E-state index is 0.0741. The van der Waals surface area contributed by atoms with Crippen LogP contribution in [0, 0.1) is 10.1 Å². The number of hydrogen-bond donors (Lipinski definition) is 0. The van der Waals surface area contributed by atoms with Gasteiger partial charge in [0, 0.05) is 19.7 Å². The van der Waals surface area contributed by atoms with E-state index in [2.05, 4.69) is 0 Å². The summed E-state index contributed by atoms with van der Waals surface area (Å²) in [7, 11) is 1.57. The maximum absolute atomic E-state index is 11.2. The van der Waals surface area contributed by atoms with Crippen LogP contribution >= 0.6 is 23.2 Å². The maximum Gasteiger partial charge on any atom is 0.288 e. The number of halogens is 2. The van der Waals surface area contributed by atoms with Crippen LogP contribution in [0.25, 0.3) is 0 Å². The number of nitro benzene ring substituents is 1. The van der Waals surface area contributed by atoms with Crippen molar-refractivity contribution in [1.29, 1.82) is 0 Å². The molecular weight excluding hydrogens is 267 g/mol. The van der Waals surface area contributed by atoms with Crippen LogP contribution < -0.4 is 0 Å². The molecule has 0 spiro atoms. The van der Waals surface area contributed by atoms with E-state index in [4.69, 9.17) is 23.2 Å². The number of benzene rings is 1. The number of carbonyl (C=O) groups excluding carboxylic acids is 1. The second-order valence-corrected chi connectivity index (χ2v) is 4.10. The first-order valence-electron chi connectivity index (χ1n) is 4.68. The minimum Gasteiger partial charge on any atom is -0.340 e. The molecule has 1 rings (SSSR count). The molecule has 1 aromatic carbocycles. The molecule has 0 aliphatic carbocycles. The van der Waals surface area contributed by atoms with Gasteiger partial charge in [-0.3, -0.25) is 14.9 Å². The standard InChI is InChI=1S/C10H10Cl2N2O3/c1-13(10(15)5-11)6-7-2-3-8(12)9(4-7)14(16)17/h2-4H,5-6H2,1H3. The third-order valence-corrected chi connectivity index (χ3v) is 2.72. The topological polar surface area (TPSA) is 63.4 Å². The van der Waals surface area contributed by atoms with Gasteiger partial charge in [0.25, 0.3) is 5.69 Å². The molecule has 0 N–H and O–H groups in total. The number of carbonyl (C=O) groups is 1. The minimum atomic E-state index is -0.560. The van der Waals surface area contributed by atoms with Crippen LogP contribution in [0.3, 0.4) is 0 Å². The van der Waals surface area contributed by atoms with Crippen molar-refractivity contribution in [2.24, 2.45) is 0 Å². The van der Waals surface area contributed by atoms with Crippen LogP contribution in [0.15, 0.2) is 18.2 Å². The number of alkyl halides is 1. The molecule has 5 nitrogen and oxygen atoms in total. The van der Waals surface area contributed by atoms with Crippen LogP contribution in [-0.4, -0.2) is 28.7 Å². The van der Waals surface area contributed by atoms with E-state index in [1.165, 1.54) is 17.0 Å². The zero-order chi connectivity index (χ0) is 13.0. The van der Waals surface area contributed by atoms with Crippen molar-refractivity contribution in [3.63, 3.8) is 0 Å². The van der Waals surface area contributed by atoms with Crippen molar-refractivity contribution in [2.45, 2.75) is 6.54 Å². The van der Waals surface area contributed by atoms with Gasteiger partial charge in [0.15, 0.2) is 0 Å². The Morgan fingerprint density at radius 1 is 1.53 bits per heavy atom. The molecule has 0 saturated heterocycles. The van der Waals surface area contributed by atoms with Gasteiger partial charge in [0.1, 0.15) is 10.9 Å². The zero-order valence-electron chi connectivity index (χ0n) is 9.02. The van der Waals surface area contributed by atoms with Gasteiger partial charge >= 0.3 is 0 Å². The number of amides is 1. The Hall–Kier alpha value is -1.33. The molecule has 1 aromatic rings. The van der Waals surface area contributed by atoms with E-state index in [0.29, 0.717) is 5.56 Å². The van der Waals surface area contributed by atoms with Crippen LogP contribution in [-0.2, 0) is 11.3 Å². The predicted molar refractivity (Wildman–Crippen MR) is 65.3 cm³/mol. The Bertz CT molecular complexity index is 451. The quantitative estimate of drug-likeness (QED) is 0.482. The van der Waals surface area contributed by atoms with Gasteiger partial charge in [0.05, 0.1) is 4.92 Å². The first kappa shape index (κ1) is 13.7. The predicted octanol–water partition coefficient (Wildman–Crippen LogP) is 2.45. The van der Waals surface area contributed by atoms with Gasteiger partial charge in [-0.05, 0) is 11.6 Å². The molecule has 0 aliphatic heterocycles.